The van der Waals surface area contributed by atoms with Crippen LogP contribution in [0, 0.1) is 0 Å². The predicted octanol–water partition coefficient (Wildman–Crippen LogP) is 0.441. The third kappa shape index (κ3) is 1.96. The Kier molecular flexibility index (Phi) is 2.53. The molecule has 0 aliphatic carbocycles. The number of nitrogens with one attached hydrogen (secondary N) is 2. The number of hydrogen-bond donors (Lipinski definition) is 3. The molecular formula is C10H13N3O. The van der Waals surface area contributed by atoms with Gasteiger partial charge >= 0.3 is 0 Å². The zero-order valence-electron chi connectivity index (χ0n) is 7.83. The molecule has 0 bridgehead atoms. The molecule has 1 heterocycles. The largest absolute Gasteiger partial charge is 0.508 e. The molecule has 74 valence electrons. The van der Waals surface area contributed by atoms with Crippen LogP contribution in [-0.2, 0) is 6.54 Å². The van der Waals surface area contributed by atoms with Gasteiger partial charge in [-0.25, -0.2) is 0 Å². The molecule has 0 spiro atoms. The Morgan fingerprint density at radius 2 is 2.29 bits per heavy atom. The van der Waals surface area contributed by atoms with Gasteiger partial charge in [-0.05, 0) is 6.07 Å². The van der Waals surface area contributed by atoms with Gasteiger partial charge in [0.2, 0.25) is 0 Å². The van der Waals surface area contributed by atoms with E-state index in [0.29, 0.717) is 12.3 Å². The number of aliphatic imine (C=N–C) groups is 1. The molecule has 0 unspecified atom stereocenters. The first-order valence-electron chi connectivity index (χ1n) is 4.65. The minimum absolute atomic E-state index is 0.318. The van der Waals surface area contributed by atoms with Gasteiger partial charge in [-0.3, -0.25) is 4.99 Å². The average molecular weight is 191 g/mol. The van der Waals surface area contributed by atoms with Crippen molar-refractivity contribution in [3.63, 3.8) is 0 Å². The van der Waals surface area contributed by atoms with Gasteiger partial charge in [-0.2, -0.15) is 0 Å². The van der Waals surface area contributed by atoms with E-state index in [0.717, 1.165) is 24.6 Å². The van der Waals surface area contributed by atoms with Crippen LogP contribution in [0.3, 0.4) is 0 Å². The monoisotopic (exact) mass is 191 g/mol. The lowest BCUT2D eigenvalue weighted by Gasteiger charge is -2.07. The lowest BCUT2D eigenvalue weighted by molar-refractivity contribution is 0.467. The molecule has 2 rings (SSSR count). The second-order valence-corrected chi connectivity index (χ2v) is 3.14. The van der Waals surface area contributed by atoms with Gasteiger partial charge in [0.05, 0.1) is 6.54 Å². The van der Waals surface area contributed by atoms with Crippen molar-refractivity contribution in [1.82, 2.24) is 10.6 Å². The number of phenols is 1. The van der Waals surface area contributed by atoms with E-state index in [-0.39, 0.29) is 0 Å². The Bertz CT molecular complexity index is 349. The second kappa shape index (κ2) is 4.00. The Balaban J connectivity index is 1.94. The first-order chi connectivity index (χ1) is 6.86. The van der Waals surface area contributed by atoms with E-state index in [2.05, 4.69) is 15.6 Å². The van der Waals surface area contributed by atoms with Crippen molar-refractivity contribution in [3.05, 3.63) is 29.8 Å². The summed E-state index contributed by atoms with van der Waals surface area (Å²) in [6.45, 7) is 2.31. The number of aromatic hydroxyl groups is 1. The summed E-state index contributed by atoms with van der Waals surface area (Å²) in [5.74, 6) is 1.13. The SMILES string of the molecule is Oc1ccccc1CNC1=NCCN1. The molecule has 1 aliphatic heterocycles. The van der Waals surface area contributed by atoms with Crippen LogP contribution in [0.25, 0.3) is 0 Å². The molecule has 1 aromatic carbocycles. The maximum atomic E-state index is 9.48. The van der Waals surface area contributed by atoms with E-state index in [9.17, 15) is 5.11 Å². The molecular weight excluding hydrogens is 178 g/mol. The molecule has 1 aromatic rings. The average Bonchev–Trinajstić information content (AvgIpc) is 2.69. The van der Waals surface area contributed by atoms with Crippen LogP contribution in [0.5, 0.6) is 5.75 Å². The number of rotatable bonds is 2. The number of guanidine groups is 1. The topological polar surface area (TPSA) is 56.6 Å². The van der Waals surface area contributed by atoms with E-state index in [1.165, 1.54) is 0 Å². The molecule has 1 aliphatic rings. The Hall–Kier alpha value is -1.71. The molecule has 14 heavy (non-hydrogen) atoms. The number of benzene rings is 1. The van der Waals surface area contributed by atoms with Crippen molar-refractivity contribution in [2.75, 3.05) is 13.1 Å². The van der Waals surface area contributed by atoms with Crippen LogP contribution in [0.1, 0.15) is 5.56 Å². The fourth-order valence-electron chi connectivity index (χ4n) is 1.36. The quantitative estimate of drug-likeness (QED) is 0.636. The summed E-state index contributed by atoms with van der Waals surface area (Å²) >= 11 is 0. The first kappa shape index (κ1) is 8.87. The number of nitrogens with zero attached hydrogens (tertiary/aromatic N) is 1. The molecule has 0 amide bonds. The predicted molar refractivity (Wildman–Crippen MR) is 55.3 cm³/mol. The van der Waals surface area contributed by atoms with Crippen LogP contribution in [-0.4, -0.2) is 24.2 Å². The summed E-state index contributed by atoms with van der Waals surface area (Å²) in [7, 11) is 0. The van der Waals surface area contributed by atoms with Gasteiger partial charge in [-0.15, -0.1) is 0 Å². The van der Waals surface area contributed by atoms with Crippen LogP contribution in [0.4, 0.5) is 0 Å². The summed E-state index contributed by atoms with van der Waals surface area (Å²) in [4.78, 5) is 4.19. The van der Waals surface area contributed by atoms with Gasteiger partial charge in [0.25, 0.3) is 0 Å². The van der Waals surface area contributed by atoms with Crippen LogP contribution in [0.2, 0.25) is 0 Å². The number of phenolic OH excluding ortho intramolecular Hbond substituents is 1. The maximum Gasteiger partial charge on any atom is 0.191 e. The third-order valence-corrected chi connectivity index (χ3v) is 2.11. The number of para-hydroxylation sites is 1. The molecule has 4 nitrogen and oxygen atoms in total. The van der Waals surface area contributed by atoms with E-state index in [1.807, 2.05) is 18.2 Å². The van der Waals surface area contributed by atoms with E-state index in [1.54, 1.807) is 6.07 Å². The highest BCUT2D eigenvalue weighted by Crippen LogP contribution is 2.14. The van der Waals surface area contributed by atoms with E-state index < -0.39 is 0 Å². The Labute approximate surface area is 82.7 Å². The Morgan fingerprint density at radius 1 is 1.43 bits per heavy atom. The molecule has 4 heteroatoms. The molecule has 0 saturated carbocycles. The van der Waals surface area contributed by atoms with Crippen LogP contribution < -0.4 is 10.6 Å². The Morgan fingerprint density at radius 3 is 3.00 bits per heavy atom. The summed E-state index contributed by atoms with van der Waals surface area (Å²) in [6.07, 6.45) is 0. The summed E-state index contributed by atoms with van der Waals surface area (Å²) in [5.41, 5.74) is 0.879. The van der Waals surface area contributed by atoms with Crippen LogP contribution >= 0.6 is 0 Å². The van der Waals surface area contributed by atoms with Gasteiger partial charge < -0.3 is 15.7 Å². The molecule has 3 N–H and O–H groups in total. The fraction of sp³-hybridized carbons (Fsp3) is 0.300. The lowest BCUT2D eigenvalue weighted by atomic mass is 10.2. The van der Waals surface area contributed by atoms with Gasteiger partial charge in [0, 0.05) is 18.7 Å². The van der Waals surface area contributed by atoms with Gasteiger partial charge in [-0.1, -0.05) is 18.2 Å². The normalized spacial score (nSPS) is 14.7. The highest BCUT2D eigenvalue weighted by molar-refractivity contribution is 5.81. The van der Waals surface area contributed by atoms with Crippen molar-refractivity contribution in [2.24, 2.45) is 4.99 Å². The maximum absolute atomic E-state index is 9.48. The van der Waals surface area contributed by atoms with Crippen molar-refractivity contribution < 1.29 is 5.11 Å². The van der Waals surface area contributed by atoms with Crippen molar-refractivity contribution >= 4 is 5.96 Å². The zero-order valence-corrected chi connectivity index (χ0v) is 7.83. The standard InChI is InChI=1S/C10H13N3O/c14-9-4-2-1-3-8(9)7-13-10-11-5-6-12-10/h1-4,14H,5-7H2,(H2,11,12,13). The van der Waals surface area contributed by atoms with E-state index >= 15 is 0 Å². The van der Waals surface area contributed by atoms with Gasteiger partial charge in [0.1, 0.15) is 5.75 Å². The molecule has 0 radical (unpaired) electrons. The highest BCUT2D eigenvalue weighted by atomic mass is 16.3. The number of hydrogen-bond acceptors (Lipinski definition) is 4. The summed E-state index contributed by atoms with van der Waals surface area (Å²) < 4.78 is 0. The smallest absolute Gasteiger partial charge is 0.191 e. The first-order valence-corrected chi connectivity index (χ1v) is 4.65. The highest BCUT2D eigenvalue weighted by Gasteiger charge is 2.04. The molecule has 0 aromatic heterocycles. The van der Waals surface area contributed by atoms with Crippen molar-refractivity contribution in [3.8, 4) is 5.75 Å². The summed E-state index contributed by atoms with van der Waals surface area (Å²) in [6, 6.07) is 7.28. The second-order valence-electron chi connectivity index (χ2n) is 3.14. The minimum atomic E-state index is 0.318. The lowest BCUT2D eigenvalue weighted by Crippen LogP contribution is -2.33. The van der Waals surface area contributed by atoms with Crippen LogP contribution in [0.15, 0.2) is 29.3 Å². The van der Waals surface area contributed by atoms with Crippen molar-refractivity contribution in [1.29, 1.82) is 0 Å². The van der Waals surface area contributed by atoms with Crippen molar-refractivity contribution in [2.45, 2.75) is 6.54 Å². The zero-order chi connectivity index (χ0) is 9.80. The minimum Gasteiger partial charge on any atom is -0.508 e. The third-order valence-electron chi connectivity index (χ3n) is 2.11. The molecule has 0 fully saturated rings. The molecule has 0 atom stereocenters. The van der Waals surface area contributed by atoms with Gasteiger partial charge in [0.15, 0.2) is 5.96 Å². The summed E-state index contributed by atoms with van der Waals surface area (Å²) in [5, 5.41) is 15.7. The van der Waals surface area contributed by atoms with E-state index in [4.69, 9.17) is 0 Å². The molecule has 0 saturated heterocycles. The fourth-order valence-corrected chi connectivity index (χ4v) is 1.36.